The number of hydrogen-bond acceptors (Lipinski definition) is 19. The number of rotatable bonds is 24. The van der Waals surface area contributed by atoms with Gasteiger partial charge in [0.2, 0.25) is 0 Å². The minimum Gasteiger partial charge on any atom is -0.463 e. The van der Waals surface area contributed by atoms with Crippen molar-refractivity contribution in [3.05, 3.63) is 119 Å². The maximum Gasteiger partial charge on any atom is 0.307 e. The quantitative estimate of drug-likeness (QED) is 0.0286. The molecule has 0 aromatic rings. The van der Waals surface area contributed by atoms with Crippen molar-refractivity contribution in [1.82, 2.24) is 0 Å². The van der Waals surface area contributed by atoms with E-state index in [-0.39, 0.29) is 109 Å². The van der Waals surface area contributed by atoms with E-state index in [1.54, 1.807) is 13.0 Å². The van der Waals surface area contributed by atoms with Gasteiger partial charge in [0, 0.05) is 63.7 Å². The summed E-state index contributed by atoms with van der Waals surface area (Å²) < 4.78 is 49.8. The van der Waals surface area contributed by atoms with E-state index >= 15 is 0 Å². The molecular formula is C85H122O19. The molecular weight excluding hydrogens is 1320 g/mol. The van der Waals surface area contributed by atoms with Gasteiger partial charge in [-0.3, -0.25) is 47.9 Å². The number of carbonyl (C=O) groups excluding carboxylic acids is 10. The van der Waals surface area contributed by atoms with Gasteiger partial charge in [-0.2, -0.15) is 0 Å². The average molecular weight is 1450 g/mol. The number of allylic oxidation sites excluding steroid dienone is 11. The summed E-state index contributed by atoms with van der Waals surface area (Å²) in [4.78, 5) is 116. The first-order chi connectivity index (χ1) is 48.8. The van der Waals surface area contributed by atoms with E-state index < -0.39 is 34.6 Å². The van der Waals surface area contributed by atoms with Crippen molar-refractivity contribution in [2.24, 2.45) is 39.4 Å². The number of cyclic esters (lactones) is 4. The lowest BCUT2D eigenvalue weighted by molar-refractivity contribution is -0.172. The van der Waals surface area contributed by atoms with Gasteiger partial charge in [-0.1, -0.05) is 118 Å². The molecule has 0 aromatic carbocycles. The Morgan fingerprint density at radius 3 is 1.40 bits per heavy atom. The molecule has 0 bridgehead atoms. The summed E-state index contributed by atoms with van der Waals surface area (Å²) in [5.41, 5.74) is 6.52. The van der Waals surface area contributed by atoms with Crippen molar-refractivity contribution in [3.63, 3.8) is 0 Å². The SMILES string of the molecule is C=C1C=C[C@@H](OC(C)=O)CC12CC(=O)O[C@@H]2/C=C(\C)CC/C=C(\C)C=O.C=C1C=C[C@@H](OC(C)=O)CC12CC(=O)O[C@@H]2CC(C)CCCC(C)C.CC(=O)OC1CC[C@@H](OC(C)=O)CC12CC(=O)O[C@@H]2/C=C(\C)CCC=C(C)C.CC(=O)O[C@@H]1CCC(C)C2(CC(=O)O[C@@H]2/C=C(\C)CCC=C(C)C)C1. The maximum absolute atomic E-state index is 12.3. The summed E-state index contributed by atoms with van der Waals surface area (Å²) in [6.45, 7) is 40.4. The Kier molecular flexibility index (Phi) is 33.6. The van der Waals surface area contributed by atoms with Gasteiger partial charge in [0.1, 0.15) is 61.2 Å². The molecule has 2 saturated carbocycles. The van der Waals surface area contributed by atoms with Gasteiger partial charge in [0.15, 0.2) is 0 Å². The molecule has 4 aliphatic heterocycles. The van der Waals surface area contributed by atoms with Gasteiger partial charge in [-0.15, -0.1) is 0 Å². The van der Waals surface area contributed by atoms with Gasteiger partial charge >= 0.3 is 53.7 Å². The van der Waals surface area contributed by atoms with E-state index in [1.165, 1.54) is 64.2 Å². The Hall–Kier alpha value is -7.70. The second-order valence-electron chi connectivity index (χ2n) is 31.6. The summed E-state index contributed by atoms with van der Waals surface area (Å²) in [6, 6.07) is 0. The molecule has 0 radical (unpaired) electrons. The highest BCUT2D eigenvalue weighted by atomic mass is 16.6. The van der Waals surface area contributed by atoms with Crippen LogP contribution in [0.1, 0.15) is 259 Å². The predicted molar refractivity (Wildman–Crippen MR) is 398 cm³/mol. The summed E-state index contributed by atoms with van der Waals surface area (Å²) in [5.74, 6) is -0.928. The van der Waals surface area contributed by atoms with Crippen molar-refractivity contribution in [3.8, 4) is 0 Å². The molecule has 0 amide bonds. The highest BCUT2D eigenvalue weighted by Crippen LogP contribution is 2.55. The van der Waals surface area contributed by atoms with Crippen LogP contribution < -0.4 is 0 Å². The zero-order valence-corrected chi connectivity index (χ0v) is 65.5. The molecule has 4 spiro atoms. The number of aldehydes is 1. The molecule has 4 saturated heterocycles. The molecule has 576 valence electrons. The normalized spacial score (nSPS) is 30.3. The van der Waals surface area contributed by atoms with Crippen LogP contribution in [-0.4, -0.2) is 115 Å². The third-order valence-corrected chi connectivity index (χ3v) is 21.5. The van der Waals surface area contributed by atoms with Crippen LogP contribution in [0.5, 0.6) is 0 Å². The van der Waals surface area contributed by atoms with Crippen LogP contribution >= 0.6 is 0 Å². The smallest absolute Gasteiger partial charge is 0.307 e. The van der Waals surface area contributed by atoms with Crippen LogP contribution in [0.3, 0.4) is 0 Å². The van der Waals surface area contributed by atoms with Crippen molar-refractivity contribution in [2.75, 3.05) is 0 Å². The monoisotopic (exact) mass is 1450 g/mol. The van der Waals surface area contributed by atoms with Crippen LogP contribution in [0, 0.1) is 39.4 Å². The minimum atomic E-state index is -0.696. The minimum absolute atomic E-state index is 0.106. The molecule has 4 heterocycles. The van der Waals surface area contributed by atoms with Crippen LogP contribution in [0.4, 0.5) is 0 Å². The first-order valence-corrected chi connectivity index (χ1v) is 37.6. The van der Waals surface area contributed by atoms with Gasteiger partial charge in [0.05, 0.1) is 31.1 Å². The lowest BCUT2D eigenvalue weighted by atomic mass is 9.62. The number of esters is 9. The Balaban J connectivity index is 0.000000249. The first kappa shape index (κ1) is 86.9. The van der Waals surface area contributed by atoms with E-state index in [2.05, 4.69) is 93.7 Å². The summed E-state index contributed by atoms with van der Waals surface area (Å²) in [7, 11) is 0. The van der Waals surface area contributed by atoms with Crippen molar-refractivity contribution in [1.29, 1.82) is 0 Å². The Labute approximate surface area is 619 Å². The number of carbonyl (C=O) groups is 10. The predicted octanol–water partition coefficient (Wildman–Crippen LogP) is 17.0. The van der Waals surface area contributed by atoms with Crippen molar-refractivity contribution in [2.45, 2.75) is 314 Å². The van der Waals surface area contributed by atoms with Crippen LogP contribution in [0.15, 0.2) is 119 Å². The molecule has 8 aliphatic rings. The van der Waals surface area contributed by atoms with E-state index in [4.69, 9.17) is 42.6 Å². The topological polar surface area (TPSA) is 254 Å². The van der Waals surface area contributed by atoms with E-state index in [9.17, 15) is 47.9 Å². The Morgan fingerprint density at radius 1 is 0.500 bits per heavy atom. The molecule has 0 aromatic heterocycles. The van der Waals surface area contributed by atoms with Crippen LogP contribution in [-0.2, 0) is 90.6 Å². The molecule has 15 atom stereocenters. The van der Waals surface area contributed by atoms with Gasteiger partial charge in [-0.05, 0) is 204 Å². The largest absolute Gasteiger partial charge is 0.463 e. The number of hydrogen-bond donors (Lipinski definition) is 0. The van der Waals surface area contributed by atoms with Gasteiger partial charge in [-0.25, -0.2) is 0 Å². The fourth-order valence-corrected chi connectivity index (χ4v) is 16.1. The molecule has 8 rings (SSSR count). The first-order valence-electron chi connectivity index (χ1n) is 37.6. The molecule has 19 nitrogen and oxygen atoms in total. The third-order valence-electron chi connectivity index (χ3n) is 21.5. The molecule has 7 unspecified atom stereocenters. The van der Waals surface area contributed by atoms with E-state index in [0.29, 0.717) is 68.8 Å². The van der Waals surface area contributed by atoms with Gasteiger partial charge in [0.25, 0.3) is 0 Å². The van der Waals surface area contributed by atoms with E-state index in [1.807, 2.05) is 50.3 Å². The van der Waals surface area contributed by atoms with Crippen LogP contribution in [0.2, 0.25) is 0 Å². The zero-order valence-electron chi connectivity index (χ0n) is 65.5. The maximum atomic E-state index is 12.3. The number of ether oxygens (including phenoxy) is 9. The summed E-state index contributed by atoms with van der Waals surface area (Å²) >= 11 is 0. The molecule has 4 aliphatic carbocycles. The molecule has 104 heavy (non-hydrogen) atoms. The lowest BCUT2D eigenvalue weighted by Gasteiger charge is -2.44. The lowest BCUT2D eigenvalue weighted by Crippen LogP contribution is -2.50. The third kappa shape index (κ3) is 25.8. The molecule has 19 heteroatoms. The highest BCUT2D eigenvalue weighted by Gasteiger charge is 2.59. The highest BCUT2D eigenvalue weighted by molar-refractivity contribution is 5.77. The molecule has 0 N–H and O–H groups in total. The van der Waals surface area contributed by atoms with Crippen molar-refractivity contribution < 1.29 is 90.6 Å². The van der Waals surface area contributed by atoms with Gasteiger partial charge < -0.3 is 42.6 Å². The zero-order chi connectivity index (χ0) is 77.4. The fourth-order valence-electron chi connectivity index (χ4n) is 16.1. The standard InChI is InChI=1S/C22H32O6.C21H26O5.2C21H32O4/c1-14(2)7-6-8-15(3)11-20-22(13-21(25)28-20)12-18(26-16(4)23)9-10-19(22)27-17(5)24;1-14(6-5-7-15(2)13-22)10-19-21(12-20(24)26-19)11-18(25-17(4)23)9-8-16(21)3;2*1-14(2)7-6-8-15(3)11-19-21(13-20(23)25-19)12-18(24-17(5)22)10-9-16(21)4/h7,11,18-20H,6,8-10,12-13H2,1-5H3;7-10,13,18-19H,3,5-6,11-12H2,1-2,4H3;7,11,16,18-19H,6,8-10,12-13H2,1-5H3;9-10,14-15,18-19H,4,6-8,11-13H2,1-3,5H3/b15-11+;14-10+,15-7+;15-11+;/t18-,19?,20-,22?;18-,19-,21?;16?,18-,19-,21?;15?,18-,19-,21?/m1111/s1. The van der Waals surface area contributed by atoms with Crippen molar-refractivity contribution >= 4 is 60.0 Å². The van der Waals surface area contributed by atoms with E-state index in [0.717, 1.165) is 98.7 Å². The Bertz CT molecular complexity index is 3360. The average Bonchev–Trinajstić information content (AvgIpc) is 1.60. The summed E-state index contributed by atoms with van der Waals surface area (Å²) in [5, 5.41) is 0. The Morgan fingerprint density at radius 2 is 0.913 bits per heavy atom. The second kappa shape index (κ2) is 40.1. The molecule has 6 fully saturated rings. The fraction of sp³-hybridized carbons (Fsp3) is 0.647. The second-order valence-corrected chi connectivity index (χ2v) is 31.6. The van der Waals surface area contributed by atoms with Crippen LogP contribution in [0.25, 0.3) is 0 Å². The summed E-state index contributed by atoms with van der Waals surface area (Å²) in [6.07, 6.45) is 33.7.